The van der Waals surface area contributed by atoms with E-state index in [1.165, 1.54) is 38.5 Å². The van der Waals surface area contributed by atoms with Crippen molar-refractivity contribution in [3.05, 3.63) is 0 Å². The molecule has 0 aromatic carbocycles. The van der Waals surface area contributed by atoms with E-state index in [1.54, 1.807) is 0 Å². The number of carbonyl (C=O) groups excluding carboxylic acids is 1. The van der Waals surface area contributed by atoms with Crippen molar-refractivity contribution in [2.75, 3.05) is 6.54 Å². The van der Waals surface area contributed by atoms with Crippen LogP contribution in [0.1, 0.15) is 110 Å². The van der Waals surface area contributed by atoms with Crippen LogP contribution in [-0.2, 0) is 28.5 Å². The minimum absolute atomic E-state index is 0.110. The summed E-state index contributed by atoms with van der Waals surface area (Å²) in [6.07, 6.45) is 15.0. The highest BCUT2D eigenvalue weighted by Crippen LogP contribution is 2.50. The lowest BCUT2D eigenvalue weighted by Crippen LogP contribution is -2.59. The Bertz CT molecular complexity index is 659. The van der Waals surface area contributed by atoms with E-state index in [4.69, 9.17) is 23.7 Å². The molecule has 7 nitrogen and oxygen atoms in total. The summed E-state index contributed by atoms with van der Waals surface area (Å²) in [5.74, 6) is -1.30. The van der Waals surface area contributed by atoms with Crippen LogP contribution in [0.25, 0.3) is 0 Å². The van der Waals surface area contributed by atoms with E-state index in [1.807, 2.05) is 0 Å². The number of hydrogen-bond donors (Lipinski definition) is 1. The molecule has 0 bridgehead atoms. The molecular formula is C26H43NO6. The molecule has 2 spiro atoms. The van der Waals surface area contributed by atoms with Crippen LogP contribution in [0.4, 0.5) is 0 Å². The Morgan fingerprint density at radius 1 is 0.727 bits per heavy atom. The van der Waals surface area contributed by atoms with Crippen LogP contribution in [0.2, 0.25) is 0 Å². The summed E-state index contributed by atoms with van der Waals surface area (Å²) in [6, 6.07) is 0. The Hall–Kier alpha value is -0.730. The number of nitrogens with one attached hydrogen (secondary N) is 1. The van der Waals surface area contributed by atoms with Crippen molar-refractivity contribution in [2.24, 2.45) is 0 Å². The van der Waals surface area contributed by atoms with Crippen LogP contribution in [0.3, 0.4) is 0 Å². The van der Waals surface area contributed by atoms with Crippen molar-refractivity contribution in [1.29, 1.82) is 0 Å². The van der Waals surface area contributed by atoms with Gasteiger partial charge in [-0.05, 0) is 32.1 Å². The van der Waals surface area contributed by atoms with Gasteiger partial charge in [0.1, 0.15) is 18.3 Å². The number of rotatable bonds is 8. The average molecular weight is 466 g/mol. The van der Waals surface area contributed by atoms with E-state index in [-0.39, 0.29) is 18.1 Å². The SMILES string of the molecule is CCCCCCCCNC(=O)[C@@H]1O[C@@H]2OC3(CCCCC3)O[C@@H]2[C@H]2OC3(CCCCC3)O[C@H]21. The molecule has 5 aliphatic rings. The van der Waals surface area contributed by atoms with Gasteiger partial charge in [-0.2, -0.15) is 0 Å². The summed E-state index contributed by atoms with van der Waals surface area (Å²) in [5.41, 5.74) is 0. The van der Waals surface area contributed by atoms with Crippen LogP contribution in [-0.4, -0.2) is 54.7 Å². The number of fused-ring (bicyclic) bond motifs is 3. The number of unbranched alkanes of at least 4 members (excludes halogenated alkanes) is 5. The fourth-order valence-corrected chi connectivity index (χ4v) is 6.39. The van der Waals surface area contributed by atoms with Crippen LogP contribution >= 0.6 is 0 Å². The maximum absolute atomic E-state index is 13.2. The van der Waals surface area contributed by atoms with E-state index in [2.05, 4.69) is 12.2 Å². The lowest BCUT2D eigenvalue weighted by Gasteiger charge is -2.36. The minimum atomic E-state index is -0.722. The smallest absolute Gasteiger partial charge is 0.252 e. The van der Waals surface area contributed by atoms with E-state index < -0.39 is 30.1 Å². The predicted octanol–water partition coefficient (Wildman–Crippen LogP) is 4.71. The van der Waals surface area contributed by atoms with E-state index in [0.29, 0.717) is 6.54 Å². The molecule has 0 aromatic rings. The van der Waals surface area contributed by atoms with E-state index in [9.17, 15) is 4.79 Å². The standard InChI is InChI=1S/C26H43NO6/c1-2-3-4-5-6-13-18-27-23(28)21-19-20(31-25(30-19)14-9-7-10-15-25)22-24(29-21)33-26(32-22)16-11-8-12-17-26/h19-22,24H,2-18H2,1H3,(H,27,28)/t19-,20+,21-,22-,24-/m1/s1. The van der Waals surface area contributed by atoms with Crippen molar-refractivity contribution < 1.29 is 28.5 Å². The molecule has 0 unspecified atom stereocenters. The molecule has 3 heterocycles. The predicted molar refractivity (Wildman–Crippen MR) is 122 cm³/mol. The Kier molecular flexibility index (Phi) is 7.62. The summed E-state index contributed by atoms with van der Waals surface area (Å²) in [4.78, 5) is 13.2. The van der Waals surface area contributed by atoms with Gasteiger partial charge in [0.2, 0.25) is 0 Å². The largest absolute Gasteiger partial charge is 0.354 e. The Morgan fingerprint density at radius 2 is 1.30 bits per heavy atom. The number of amides is 1. The molecule has 5 fully saturated rings. The van der Waals surface area contributed by atoms with Crippen molar-refractivity contribution >= 4 is 5.91 Å². The molecule has 1 amide bonds. The van der Waals surface area contributed by atoms with E-state index >= 15 is 0 Å². The Labute approximate surface area is 198 Å². The highest BCUT2D eigenvalue weighted by atomic mass is 16.9. The first kappa shape index (κ1) is 24.0. The maximum Gasteiger partial charge on any atom is 0.252 e. The summed E-state index contributed by atoms with van der Waals surface area (Å²) >= 11 is 0. The monoisotopic (exact) mass is 465 g/mol. The fraction of sp³-hybridized carbons (Fsp3) is 0.962. The van der Waals surface area contributed by atoms with E-state index in [0.717, 1.165) is 64.2 Å². The third-order valence-corrected chi connectivity index (χ3v) is 8.20. The van der Waals surface area contributed by atoms with Crippen LogP contribution in [0, 0.1) is 0 Å². The lowest BCUT2D eigenvalue weighted by molar-refractivity contribution is -0.247. The summed E-state index contributed by atoms with van der Waals surface area (Å²) in [6.45, 7) is 2.90. The van der Waals surface area contributed by atoms with Gasteiger partial charge in [0, 0.05) is 32.2 Å². The van der Waals surface area contributed by atoms with Gasteiger partial charge >= 0.3 is 0 Å². The summed E-state index contributed by atoms with van der Waals surface area (Å²) in [5, 5.41) is 3.10. The molecule has 5 atom stereocenters. The fourth-order valence-electron chi connectivity index (χ4n) is 6.39. The van der Waals surface area contributed by atoms with Crippen molar-refractivity contribution in [3.8, 4) is 0 Å². The average Bonchev–Trinajstić information content (AvgIpc) is 3.36. The highest BCUT2D eigenvalue weighted by Gasteiger charge is 2.65. The normalized spacial score (nSPS) is 36.6. The second kappa shape index (κ2) is 10.5. The molecule has 7 heteroatoms. The van der Waals surface area contributed by atoms with Gasteiger partial charge in [-0.3, -0.25) is 4.79 Å². The van der Waals surface area contributed by atoms with Crippen molar-refractivity contribution in [2.45, 2.75) is 152 Å². The molecule has 188 valence electrons. The molecule has 1 N–H and O–H groups in total. The first-order valence-electron chi connectivity index (χ1n) is 13.8. The van der Waals surface area contributed by atoms with Gasteiger partial charge in [0.15, 0.2) is 24.0 Å². The molecule has 5 rings (SSSR count). The third kappa shape index (κ3) is 5.13. The molecule has 0 aromatic heterocycles. The lowest BCUT2D eigenvalue weighted by atomic mass is 9.94. The first-order chi connectivity index (χ1) is 16.1. The number of ether oxygens (including phenoxy) is 5. The van der Waals surface area contributed by atoms with Gasteiger partial charge in [-0.1, -0.05) is 51.9 Å². The number of carbonyl (C=O) groups is 1. The van der Waals surface area contributed by atoms with Crippen LogP contribution in [0.15, 0.2) is 0 Å². The van der Waals surface area contributed by atoms with Gasteiger partial charge in [-0.25, -0.2) is 0 Å². The maximum atomic E-state index is 13.2. The highest BCUT2D eigenvalue weighted by molar-refractivity contribution is 5.81. The Morgan fingerprint density at radius 3 is 2.00 bits per heavy atom. The third-order valence-electron chi connectivity index (χ3n) is 8.20. The molecule has 2 aliphatic carbocycles. The van der Waals surface area contributed by atoms with Gasteiger partial charge in [0.25, 0.3) is 5.91 Å². The zero-order valence-electron chi connectivity index (χ0n) is 20.4. The molecule has 2 saturated carbocycles. The quantitative estimate of drug-likeness (QED) is 0.524. The second-order valence-electron chi connectivity index (χ2n) is 10.8. The van der Waals surface area contributed by atoms with Gasteiger partial charge in [-0.15, -0.1) is 0 Å². The molecule has 0 radical (unpaired) electrons. The zero-order valence-corrected chi connectivity index (χ0v) is 20.4. The molecule has 3 aliphatic heterocycles. The molecule has 3 saturated heterocycles. The number of hydrogen-bond acceptors (Lipinski definition) is 6. The minimum Gasteiger partial charge on any atom is -0.354 e. The summed E-state index contributed by atoms with van der Waals surface area (Å²) in [7, 11) is 0. The van der Waals surface area contributed by atoms with Gasteiger partial charge in [0.05, 0.1) is 0 Å². The zero-order chi connectivity index (χ0) is 22.7. The Balaban J connectivity index is 1.24. The topological polar surface area (TPSA) is 75.3 Å². The van der Waals surface area contributed by atoms with Crippen molar-refractivity contribution in [1.82, 2.24) is 5.32 Å². The molecular weight excluding hydrogens is 422 g/mol. The first-order valence-corrected chi connectivity index (χ1v) is 13.8. The van der Waals surface area contributed by atoms with Crippen molar-refractivity contribution in [3.63, 3.8) is 0 Å². The molecule has 33 heavy (non-hydrogen) atoms. The van der Waals surface area contributed by atoms with Crippen LogP contribution in [0.5, 0.6) is 0 Å². The second-order valence-corrected chi connectivity index (χ2v) is 10.8. The summed E-state index contributed by atoms with van der Waals surface area (Å²) < 4.78 is 32.4. The van der Waals surface area contributed by atoms with Gasteiger partial charge < -0.3 is 29.0 Å². The van der Waals surface area contributed by atoms with Crippen LogP contribution < -0.4 is 5.32 Å².